The first-order valence-electron chi connectivity index (χ1n) is 4.95. The molecule has 3 nitrogen and oxygen atoms in total. The number of aryl methyl sites for hydroxylation is 1. The van der Waals surface area contributed by atoms with Gasteiger partial charge in [-0.25, -0.2) is 9.97 Å². The minimum Gasteiger partial charge on any atom is -0.307 e. The lowest BCUT2D eigenvalue weighted by atomic mass is 10.2. The number of hydrogen-bond donors (Lipinski definition) is 1. The van der Waals surface area contributed by atoms with E-state index in [1.807, 2.05) is 11.8 Å². The predicted molar refractivity (Wildman–Crippen MR) is 59.1 cm³/mol. The van der Waals surface area contributed by atoms with Crippen LogP contribution in [0.2, 0.25) is 0 Å². The van der Waals surface area contributed by atoms with Crippen molar-refractivity contribution in [2.24, 2.45) is 0 Å². The average Bonchev–Trinajstić information content (AvgIpc) is 2.63. The molecule has 0 aliphatic carbocycles. The third kappa shape index (κ3) is 1.91. The number of nitrogens with zero attached hydrogens (tertiary/aromatic N) is 2. The van der Waals surface area contributed by atoms with Crippen molar-refractivity contribution in [1.29, 1.82) is 0 Å². The lowest BCUT2D eigenvalue weighted by Crippen LogP contribution is -2.02. The van der Waals surface area contributed by atoms with Crippen molar-refractivity contribution in [3.63, 3.8) is 0 Å². The normalized spacial score (nSPS) is 14.4. The van der Waals surface area contributed by atoms with Gasteiger partial charge in [-0.1, -0.05) is 6.92 Å². The van der Waals surface area contributed by atoms with E-state index in [4.69, 9.17) is 0 Å². The van der Waals surface area contributed by atoms with Crippen molar-refractivity contribution in [3.05, 3.63) is 22.8 Å². The van der Waals surface area contributed by atoms with Crippen LogP contribution in [-0.4, -0.2) is 15.7 Å². The molecule has 0 amide bonds. The summed E-state index contributed by atoms with van der Waals surface area (Å²) in [6, 6.07) is 0. The van der Waals surface area contributed by atoms with Crippen molar-refractivity contribution >= 4 is 11.8 Å². The number of nitrogens with one attached hydrogen (secondary N) is 1. The Balaban J connectivity index is 2.23. The molecule has 0 spiro atoms. The SMILES string of the molecule is CCSCc1nc(C)c2c(n1)CNC2. The molecule has 0 unspecified atom stereocenters. The summed E-state index contributed by atoms with van der Waals surface area (Å²) in [5.74, 6) is 3.04. The third-order valence-electron chi connectivity index (χ3n) is 2.38. The van der Waals surface area contributed by atoms with Gasteiger partial charge in [0.2, 0.25) is 0 Å². The molecule has 76 valence electrons. The average molecular weight is 209 g/mol. The molecule has 0 aromatic carbocycles. The van der Waals surface area contributed by atoms with E-state index < -0.39 is 0 Å². The van der Waals surface area contributed by atoms with Crippen LogP contribution in [0.5, 0.6) is 0 Å². The van der Waals surface area contributed by atoms with Crippen LogP contribution in [0.3, 0.4) is 0 Å². The lowest BCUT2D eigenvalue weighted by molar-refractivity contribution is 0.756. The van der Waals surface area contributed by atoms with Gasteiger partial charge in [0.05, 0.1) is 11.4 Å². The molecule has 0 atom stereocenters. The Labute approximate surface area is 88.7 Å². The van der Waals surface area contributed by atoms with E-state index in [2.05, 4.69) is 29.1 Å². The number of hydrogen-bond acceptors (Lipinski definition) is 4. The smallest absolute Gasteiger partial charge is 0.138 e. The zero-order valence-corrected chi connectivity index (χ0v) is 9.45. The Morgan fingerprint density at radius 3 is 3.00 bits per heavy atom. The molecule has 1 aliphatic rings. The standard InChI is InChI=1S/C10H15N3S/c1-3-14-6-10-12-7(2)8-4-11-5-9(8)13-10/h11H,3-6H2,1-2H3. The minimum absolute atomic E-state index is 0.905. The maximum Gasteiger partial charge on any atom is 0.138 e. The molecule has 0 saturated heterocycles. The maximum atomic E-state index is 4.56. The highest BCUT2D eigenvalue weighted by molar-refractivity contribution is 7.98. The fourth-order valence-electron chi connectivity index (χ4n) is 1.66. The topological polar surface area (TPSA) is 37.8 Å². The molecular formula is C10H15N3S. The molecule has 1 N–H and O–H groups in total. The Bertz CT molecular complexity index is 338. The largest absolute Gasteiger partial charge is 0.307 e. The second-order valence-corrected chi connectivity index (χ2v) is 4.67. The Morgan fingerprint density at radius 2 is 2.21 bits per heavy atom. The zero-order chi connectivity index (χ0) is 9.97. The van der Waals surface area contributed by atoms with E-state index >= 15 is 0 Å². The summed E-state index contributed by atoms with van der Waals surface area (Å²) in [6.45, 7) is 6.07. The Hall–Kier alpha value is -0.610. The fraction of sp³-hybridized carbons (Fsp3) is 0.600. The van der Waals surface area contributed by atoms with E-state index in [0.29, 0.717) is 0 Å². The molecule has 0 saturated carbocycles. The molecule has 0 fully saturated rings. The first-order valence-corrected chi connectivity index (χ1v) is 6.10. The number of rotatable bonds is 3. The first kappa shape index (κ1) is 9.93. The monoisotopic (exact) mass is 209 g/mol. The van der Waals surface area contributed by atoms with Crippen LogP contribution in [0.4, 0.5) is 0 Å². The summed E-state index contributed by atoms with van der Waals surface area (Å²) in [7, 11) is 0. The van der Waals surface area contributed by atoms with Crippen molar-refractivity contribution in [1.82, 2.24) is 15.3 Å². The number of aromatic nitrogens is 2. The van der Waals surface area contributed by atoms with E-state index in [9.17, 15) is 0 Å². The van der Waals surface area contributed by atoms with Crippen molar-refractivity contribution in [2.45, 2.75) is 32.7 Å². The molecule has 2 rings (SSSR count). The molecule has 14 heavy (non-hydrogen) atoms. The number of fused-ring (bicyclic) bond motifs is 1. The quantitative estimate of drug-likeness (QED) is 0.821. The molecule has 0 radical (unpaired) electrons. The molecule has 1 aliphatic heterocycles. The van der Waals surface area contributed by atoms with Crippen LogP contribution in [0.25, 0.3) is 0 Å². The summed E-state index contributed by atoms with van der Waals surface area (Å²) >= 11 is 1.87. The summed E-state index contributed by atoms with van der Waals surface area (Å²) in [6.07, 6.45) is 0. The van der Waals surface area contributed by atoms with Gasteiger partial charge in [-0.2, -0.15) is 11.8 Å². The van der Waals surface area contributed by atoms with Crippen LogP contribution >= 0.6 is 11.8 Å². The molecular weight excluding hydrogens is 194 g/mol. The van der Waals surface area contributed by atoms with Gasteiger partial charge in [-0.05, 0) is 12.7 Å². The predicted octanol–water partition coefficient (Wildman–Crippen LogP) is 1.64. The Kier molecular flexibility index (Phi) is 3.03. The van der Waals surface area contributed by atoms with Gasteiger partial charge in [-0.15, -0.1) is 0 Å². The van der Waals surface area contributed by atoms with Gasteiger partial charge in [-0.3, -0.25) is 0 Å². The van der Waals surface area contributed by atoms with Crippen LogP contribution < -0.4 is 5.32 Å². The highest BCUT2D eigenvalue weighted by Gasteiger charge is 2.15. The molecule has 0 bridgehead atoms. The summed E-state index contributed by atoms with van der Waals surface area (Å²) < 4.78 is 0. The number of thioether (sulfide) groups is 1. The van der Waals surface area contributed by atoms with E-state index in [1.165, 1.54) is 11.3 Å². The molecule has 2 heterocycles. The summed E-state index contributed by atoms with van der Waals surface area (Å²) in [5.41, 5.74) is 3.64. The van der Waals surface area contributed by atoms with Gasteiger partial charge in [0.15, 0.2) is 0 Å². The van der Waals surface area contributed by atoms with E-state index in [-0.39, 0.29) is 0 Å². The Morgan fingerprint density at radius 1 is 1.36 bits per heavy atom. The summed E-state index contributed by atoms with van der Waals surface area (Å²) in [5, 5.41) is 3.30. The molecule has 4 heteroatoms. The molecule has 1 aromatic heterocycles. The van der Waals surface area contributed by atoms with Crippen LogP contribution in [0.1, 0.15) is 29.7 Å². The second-order valence-electron chi connectivity index (χ2n) is 3.39. The van der Waals surface area contributed by atoms with Gasteiger partial charge in [0, 0.05) is 24.3 Å². The molecule has 1 aromatic rings. The maximum absolute atomic E-state index is 4.56. The summed E-state index contributed by atoms with van der Waals surface area (Å²) in [4.78, 5) is 9.07. The van der Waals surface area contributed by atoms with Crippen molar-refractivity contribution in [3.8, 4) is 0 Å². The minimum atomic E-state index is 0.905. The van der Waals surface area contributed by atoms with Crippen LogP contribution in [0, 0.1) is 6.92 Å². The van der Waals surface area contributed by atoms with Gasteiger partial charge in [0.25, 0.3) is 0 Å². The van der Waals surface area contributed by atoms with Crippen molar-refractivity contribution < 1.29 is 0 Å². The van der Waals surface area contributed by atoms with Gasteiger partial charge in [0.1, 0.15) is 5.82 Å². The fourth-order valence-corrected chi connectivity index (χ4v) is 2.17. The van der Waals surface area contributed by atoms with Crippen LogP contribution in [-0.2, 0) is 18.8 Å². The second kappa shape index (κ2) is 4.28. The first-order chi connectivity index (χ1) is 6.81. The zero-order valence-electron chi connectivity index (χ0n) is 8.63. The van der Waals surface area contributed by atoms with Gasteiger partial charge >= 0.3 is 0 Å². The van der Waals surface area contributed by atoms with E-state index in [0.717, 1.165) is 36.1 Å². The lowest BCUT2D eigenvalue weighted by Gasteiger charge is -2.05. The van der Waals surface area contributed by atoms with E-state index in [1.54, 1.807) is 0 Å². The third-order valence-corrected chi connectivity index (χ3v) is 3.25. The highest BCUT2D eigenvalue weighted by atomic mass is 32.2. The van der Waals surface area contributed by atoms with Gasteiger partial charge < -0.3 is 5.32 Å². The van der Waals surface area contributed by atoms with Crippen molar-refractivity contribution in [2.75, 3.05) is 5.75 Å². The van der Waals surface area contributed by atoms with Crippen LogP contribution in [0.15, 0.2) is 0 Å². The highest BCUT2D eigenvalue weighted by Crippen LogP contribution is 2.17.